The molecule has 3 rings (SSSR count). The fourth-order valence-corrected chi connectivity index (χ4v) is 4.35. The maximum Gasteiger partial charge on any atom is 0.223 e. The molecule has 1 aromatic rings. The molecule has 1 amide bonds. The van der Waals surface area contributed by atoms with Crippen molar-refractivity contribution in [1.29, 1.82) is 0 Å². The van der Waals surface area contributed by atoms with E-state index < -0.39 is 0 Å². The molecule has 2 saturated heterocycles. The van der Waals surface area contributed by atoms with Crippen molar-refractivity contribution in [3.05, 3.63) is 27.7 Å². The number of nitrogens with one attached hydrogen (secondary N) is 1. The molecule has 1 unspecified atom stereocenters. The van der Waals surface area contributed by atoms with Crippen molar-refractivity contribution >= 4 is 29.1 Å². The van der Waals surface area contributed by atoms with Crippen LogP contribution in [0, 0.1) is 5.92 Å². The summed E-state index contributed by atoms with van der Waals surface area (Å²) in [7, 11) is 1.91. The average molecular weight is 343 g/mol. The van der Waals surface area contributed by atoms with E-state index in [0.717, 1.165) is 19.4 Å². The van der Waals surface area contributed by atoms with Gasteiger partial charge in [0.1, 0.15) is 5.75 Å². The van der Waals surface area contributed by atoms with Gasteiger partial charge in [0.2, 0.25) is 5.91 Å². The molecule has 0 saturated carbocycles. The highest BCUT2D eigenvalue weighted by Gasteiger charge is 2.42. The molecule has 0 aliphatic carbocycles. The third kappa shape index (κ3) is 2.80. The van der Waals surface area contributed by atoms with Gasteiger partial charge in [0, 0.05) is 30.5 Å². The SMILES string of the molecule is CNCC1CC(=O)N2C[C@@H](c3c(O)ccc(Cl)c3Cl)C[C@H]2C1. The second kappa shape index (κ2) is 6.26. The van der Waals surface area contributed by atoms with Gasteiger partial charge in [0.25, 0.3) is 0 Å². The molecule has 0 radical (unpaired) electrons. The Morgan fingerprint density at radius 2 is 2.14 bits per heavy atom. The van der Waals surface area contributed by atoms with Crippen LogP contribution in [0.1, 0.15) is 30.7 Å². The molecule has 0 spiro atoms. The number of carbonyl (C=O) groups excluding carboxylic acids is 1. The summed E-state index contributed by atoms with van der Waals surface area (Å²) in [4.78, 5) is 14.3. The maximum atomic E-state index is 12.4. The number of nitrogens with zero attached hydrogens (tertiary/aromatic N) is 1. The normalized spacial score (nSPS) is 28.0. The van der Waals surface area contributed by atoms with Crippen LogP contribution in [0.4, 0.5) is 0 Å². The lowest BCUT2D eigenvalue weighted by Gasteiger charge is -2.34. The number of halogens is 2. The summed E-state index contributed by atoms with van der Waals surface area (Å²) in [6.07, 6.45) is 2.43. The minimum absolute atomic E-state index is 0.0495. The van der Waals surface area contributed by atoms with Gasteiger partial charge in [-0.05, 0) is 44.5 Å². The Kier molecular flexibility index (Phi) is 4.53. The molecule has 120 valence electrons. The minimum atomic E-state index is 0.0495. The fourth-order valence-electron chi connectivity index (χ4n) is 3.88. The van der Waals surface area contributed by atoms with E-state index in [1.807, 2.05) is 11.9 Å². The predicted molar refractivity (Wildman–Crippen MR) is 87.6 cm³/mol. The van der Waals surface area contributed by atoms with Crippen LogP contribution >= 0.6 is 23.2 Å². The molecule has 2 heterocycles. The predicted octanol–water partition coefficient (Wildman–Crippen LogP) is 3.01. The standard InChI is InChI=1S/C16H20Cl2N2O2/c1-19-7-9-4-11-6-10(8-20(11)14(22)5-9)15-13(21)3-2-12(17)16(15)18/h2-3,9-11,19,21H,4-8H2,1H3/t9?,10-,11+/m0/s1. The Bertz CT molecular complexity index is 594. The zero-order valence-electron chi connectivity index (χ0n) is 12.5. The first kappa shape index (κ1) is 15.9. The third-order valence-electron chi connectivity index (χ3n) is 4.81. The molecule has 0 bridgehead atoms. The first-order valence-electron chi connectivity index (χ1n) is 7.62. The summed E-state index contributed by atoms with van der Waals surface area (Å²) in [6, 6.07) is 3.41. The molecule has 2 N–H and O–H groups in total. The molecule has 0 aromatic heterocycles. The first-order chi connectivity index (χ1) is 10.5. The van der Waals surface area contributed by atoms with Crippen LogP contribution in [0.3, 0.4) is 0 Å². The molecule has 2 aliphatic heterocycles. The van der Waals surface area contributed by atoms with E-state index >= 15 is 0 Å². The van der Waals surface area contributed by atoms with Gasteiger partial charge in [-0.25, -0.2) is 0 Å². The number of phenols is 1. The zero-order valence-corrected chi connectivity index (χ0v) is 14.0. The van der Waals surface area contributed by atoms with Crippen LogP contribution in [0.25, 0.3) is 0 Å². The number of fused-ring (bicyclic) bond motifs is 1. The third-order valence-corrected chi connectivity index (χ3v) is 5.63. The number of benzene rings is 1. The van der Waals surface area contributed by atoms with Gasteiger partial charge in [-0.3, -0.25) is 4.79 Å². The van der Waals surface area contributed by atoms with Gasteiger partial charge in [-0.15, -0.1) is 0 Å². The van der Waals surface area contributed by atoms with Crippen molar-refractivity contribution in [3.8, 4) is 5.75 Å². The maximum absolute atomic E-state index is 12.4. The van der Waals surface area contributed by atoms with E-state index in [1.165, 1.54) is 0 Å². The Hall–Kier alpha value is -0.970. The minimum Gasteiger partial charge on any atom is -0.508 e. The molecule has 6 heteroatoms. The van der Waals surface area contributed by atoms with Gasteiger partial charge >= 0.3 is 0 Å². The van der Waals surface area contributed by atoms with Gasteiger partial charge in [0.05, 0.1) is 10.0 Å². The summed E-state index contributed by atoms with van der Waals surface area (Å²) in [6.45, 7) is 1.48. The molecular formula is C16H20Cl2N2O2. The second-order valence-corrected chi connectivity index (χ2v) is 7.08. The van der Waals surface area contributed by atoms with Crippen molar-refractivity contribution in [2.45, 2.75) is 31.2 Å². The van der Waals surface area contributed by atoms with E-state index in [0.29, 0.717) is 34.5 Å². The summed E-state index contributed by atoms with van der Waals surface area (Å²) in [5, 5.41) is 14.2. The van der Waals surface area contributed by atoms with E-state index in [4.69, 9.17) is 23.2 Å². The number of piperidine rings is 1. The molecular weight excluding hydrogens is 323 g/mol. The van der Waals surface area contributed by atoms with Crippen molar-refractivity contribution in [1.82, 2.24) is 10.2 Å². The fraction of sp³-hybridized carbons (Fsp3) is 0.562. The summed E-state index contributed by atoms with van der Waals surface area (Å²) < 4.78 is 0. The number of hydrogen-bond acceptors (Lipinski definition) is 3. The number of phenolic OH excluding ortho intramolecular Hbond substituents is 1. The van der Waals surface area contributed by atoms with Gasteiger partial charge in [0.15, 0.2) is 0 Å². The Morgan fingerprint density at radius 1 is 1.36 bits per heavy atom. The topological polar surface area (TPSA) is 52.6 Å². The molecule has 1 aromatic carbocycles. The van der Waals surface area contributed by atoms with Gasteiger partial charge in [-0.1, -0.05) is 23.2 Å². The Balaban J connectivity index is 1.83. The lowest BCUT2D eigenvalue weighted by molar-refractivity contribution is -0.136. The number of carbonyl (C=O) groups is 1. The zero-order chi connectivity index (χ0) is 15.9. The van der Waals surface area contributed by atoms with E-state index in [-0.39, 0.29) is 23.6 Å². The van der Waals surface area contributed by atoms with Crippen LogP contribution in [0.15, 0.2) is 12.1 Å². The Labute approximate surface area is 140 Å². The highest BCUT2D eigenvalue weighted by Crippen LogP contribution is 2.45. The average Bonchev–Trinajstić information content (AvgIpc) is 2.88. The number of aromatic hydroxyl groups is 1. The number of hydrogen-bond donors (Lipinski definition) is 2. The monoisotopic (exact) mass is 342 g/mol. The molecule has 2 aliphatic rings. The molecule has 22 heavy (non-hydrogen) atoms. The first-order valence-corrected chi connectivity index (χ1v) is 8.37. The quantitative estimate of drug-likeness (QED) is 0.887. The van der Waals surface area contributed by atoms with E-state index in [9.17, 15) is 9.90 Å². The largest absolute Gasteiger partial charge is 0.508 e. The van der Waals surface area contributed by atoms with Crippen LogP contribution < -0.4 is 5.32 Å². The molecule has 4 nitrogen and oxygen atoms in total. The highest BCUT2D eigenvalue weighted by molar-refractivity contribution is 6.42. The molecule has 3 atom stereocenters. The highest BCUT2D eigenvalue weighted by atomic mass is 35.5. The van der Waals surface area contributed by atoms with E-state index in [2.05, 4.69) is 5.32 Å². The van der Waals surface area contributed by atoms with Gasteiger partial charge < -0.3 is 15.3 Å². The second-order valence-electron chi connectivity index (χ2n) is 6.29. The lowest BCUT2D eigenvalue weighted by Crippen LogP contribution is -2.44. The number of rotatable bonds is 3. The van der Waals surface area contributed by atoms with Crippen molar-refractivity contribution in [2.75, 3.05) is 20.1 Å². The lowest BCUT2D eigenvalue weighted by atomic mass is 9.88. The summed E-state index contributed by atoms with van der Waals surface area (Å²) in [5.74, 6) is 0.810. The summed E-state index contributed by atoms with van der Waals surface area (Å²) >= 11 is 12.4. The van der Waals surface area contributed by atoms with Crippen molar-refractivity contribution in [2.24, 2.45) is 5.92 Å². The van der Waals surface area contributed by atoms with Crippen LogP contribution in [-0.2, 0) is 4.79 Å². The number of amides is 1. The van der Waals surface area contributed by atoms with Crippen molar-refractivity contribution in [3.63, 3.8) is 0 Å². The molecule has 2 fully saturated rings. The van der Waals surface area contributed by atoms with Crippen LogP contribution in [0.5, 0.6) is 5.75 Å². The van der Waals surface area contributed by atoms with Crippen LogP contribution in [0.2, 0.25) is 10.0 Å². The van der Waals surface area contributed by atoms with Crippen molar-refractivity contribution < 1.29 is 9.90 Å². The van der Waals surface area contributed by atoms with E-state index in [1.54, 1.807) is 12.1 Å². The Morgan fingerprint density at radius 3 is 2.86 bits per heavy atom. The van der Waals surface area contributed by atoms with Gasteiger partial charge in [-0.2, -0.15) is 0 Å². The van der Waals surface area contributed by atoms with Crippen LogP contribution in [-0.4, -0.2) is 42.1 Å². The smallest absolute Gasteiger partial charge is 0.223 e. The summed E-state index contributed by atoms with van der Waals surface area (Å²) in [5.41, 5.74) is 0.682.